The van der Waals surface area contributed by atoms with E-state index in [2.05, 4.69) is 16.0 Å². The predicted molar refractivity (Wildman–Crippen MR) is 176 cm³/mol. The molecule has 0 bridgehead atoms. The summed E-state index contributed by atoms with van der Waals surface area (Å²) < 4.78 is 0. The van der Waals surface area contributed by atoms with Crippen LogP contribution in [0.25, 0.3) is 6.08 Å². The van der Waals surface area contributed by atoms with E-state index in [1.54, 1.807) is 42.5 Å². The van der Waals surface area contributed by atoms with Crippen molar-refractivity contribution < 1.29 is 14.4 Å². The molecule has 1 heterocycles. The molecule has 0 radical (unpaired) electrons. The molecule has 1 aromatic heterocycles. The molecular formula is C35H29N3O3S2. The zero-order valence-electron chi connectivity index (χ0n) is 23.3. The van der Waals surface area contributed by atoms with E-state index in [9.17, 15) is 14.4 Å². The Hall–Kier alpha value is -4.92. The van der Waals surface area contributed by atoms with E-state index in [0.29, 0.717) is 11.3 Å². The average Bonchev–Trinajstić information content (AvgIpc) is 3.55. The van der Waals surface area contributed by atoms with Gasteiger partial charge in [0.25, 0.3) is 11.8 Å². The normalized spacial score (nSPS) is 11.8. The molecule has 0 aliphatic heterocycles. The van der Waals surface area contributed by atoms with Gasteiger partial charge in [-0.05, 0) is 89.0 Å². The molecule has 3 N–H and O–H groups in total. The molecule has 5 aromatic rings. The minimum Gasteiger partial charge on any atom is -0.325 e. The molecule has 214 valence electrons. The molecule has 1 unspecified atom stereocenters. The summed E-state index contributed by atoms with van der Waals surface area (Å²) in [5.74, 6) is -0.948. The fraction of sp³-hybridized carbons (Fsp3) is 0.0571. The van der Waals surface area contributed by atoms with Gasteiger partial charge >= 0.3 is 0 Å². The number of anilines is 2. The third-order valence-electron chi connectivity index (χ3n) is 6.49. The number of benzene rings is 4. The summed E-state index contributed by atoms with van der Waals surface area (Å²) in [4.78, 5) is 40.4. The highest BCUT2D eigenvalue weighted by molar-refractivity contribution is 8.00. The highest BCUT2D eigenvalue weighted by Crippen LogP contribution is 2.37. The summed E-state index contributed by atoms with van der Waals surface area (Å²) in [6.45, 7) is 1.96. The Morgan fingerprint density at radius 1 is 0.767 bits per heavy atom. The molecule has 6 nitrogen and oxygen atoms in total. The number of amides is 3. The first-order valence-corrected chi connectivity index (χ1v) is 15.4. The van der Waals surface area contributed by atoms with Crippen LogP contribution in [0.15, 0.2) is 137 Å². The average molecular weight is 604 g/mol. The fourth-order valence-corrected chi connectivity index (χ4v) is 5.87. The lowest BCUT2D eigenvalue weighted by Gasteiger charge is -2.18. The van der Waals surface area contributed by atoms with Crippen LogP contribution in [-0.2, 0) is 9.59 Å². The molecule has 0 aliphatic rings. The molecule has 5 rings (SSSR count). The van der Waals surface area contributed by atoms with Crippen molar-refractivity contribution in [3.8, 4) is 0 Å². The SMILES string of the molecule is Cc1ccccc1NC(=O)C(Sc1ccc(NC(=O)/C(=C/c2ccsc2)NC(=O)c2ccccc2)cc1)c1ccccc1. The van der Waals surface area contributed by atoms with Gasteiger partial charge in [0.2, 0.25) is 5.91 Å². The van der Waals surface area contributed by atoms with Crippen LogP contribution < -0.4 is 16.0 Å². The molecule has 3 amide bonds. The van der Waals surface area contributed by atoms with Gasteiger partial charge in [-0.15, -0.1) is 11.8 Å². The maximum atomic E-state index is 13.4. The van der Waals surface area contributed by atoms with Crippen LogP contribution in [0.4, 0.5) is 11.4 Å². The van der Waals surface area contributed by atoms with Crippen molar-refractivity contribution in [2.24, 2.45) is 0 Å². The quantitative estimate of drug-likeness (QED) is 0.112. The lowest BCUT2D eigenvalue weighted by molar-refractivity contribution is -0.116. The number of aryl methyl sites for hydroxylation is 1. The van der Waals surface area contributed by atoms with Crippen molar-refractivity contribution >= 4 is 58.3 Å². The van der Waals surface area contributed by atoms with Crippen molar-refractivity contribution in [3.05, 3.63) is 154 Å². The minimum absolute atomic E-state index is 0.125. The van der Waals surface area contributed by atoms with Crippen LogP contribution in [0.3, 0.4) is 0 Å². The van der Waals surface area contributed by atoms with Crippen molar-refractivity contribution in [2.75, 3.05) is 10.6 Å². The summed E-state index contributed by atoms with van der Waals surface area (Å²) in [6.07, 6.45) is 1.65. The Balaban J connectivity index is 1.31. The molecule has 0 aliphatic carbocycles. The number of hydrogen-bond acceptors (Lipinski definition) is 5. The molecule has 4 aromatic carbocycles. The highest BCUT2D eigenvalue weighted by atomic mass is 32.2. The van der Waals surface area contributed by atoms with Crippen LogP contribution in [0.1, 0.15) is 32.3 Å². The monoisotopic (exact) mass is 603 g/mol. The molecule has 0 spiro atoms. The van der Waals surface area contributed by atoms with Gasteiger partial charge in [0.1, 0.15) is 10.9 Å². The first-order chi connectivity index (χ1) is 21.0. The Kier molecular flexibility index (Phi) is 9.84. The summed E-state index contributed by atoms with van der Waals surface area (Å²) in [5.41, 5.74) is 4.59. The Morgan fingerprint density at radius 3 is 2.12 bits per heavy atom. The van der Waals surface area contributed by atoms with Crippen molar-refractivity contribution in [3.63, 3.8) is 0 Å². The fourth-order valence-electron chi connectivity index (χ4n) is 4.23. The predicted octanol–water partition coefficient (Wildman–Crippen LogP) is 7.94. The van der Waals surface area contributed by atoms with Gasteiger partial charge in [-0.1, -0.05) is 66.7 Å². The second-order valence-electron chi connectivity index (χ2n) is 9.63. The number of thiophene rings is 1. The smallest absolute Gasteiger partial charge is 0.272 e. The number of hydrogen-bond donors (Lipinski definition) is 3. The summed E-state index contributed by atoms with van der Waals surface area (Å²) in [7, 11) is 0. The zero-order valence-corrected chi connectivity index (χ0v) is 25.0. The van der Waals surface area contributed by atoms with E-state index in [0.717, 1.165) is 27.3 Å². The van der Waals surface area contributed by atoms with E-state index in [1.807, 2.05) is 96.5 Å². The maximum Gasteiger partial charge on any atom is 0.272 e. The van der Waals surface area contributed by atoms with Gasteiger partial charge in [-0.25, -0.2) is 0 Å². The van der Waals surface area contributed by atoms with E-state index in [-0.39, 0.29) is 17.5 Å². The van der Waals surface area contributed by atoms with Crippen molar-refractivity contribution in [1.82, 2.24) is 5.32 Å². The highest BCUT2D eigenvalue weighted by Gasteiger charge is 2.23. The number of rotatable bonds is 10. The lowest BCUT2D eigenvalue weighted by atomic mass is 10.1. The summed E-state index contributed by atoms with van der Waals surface area (Å²) in [5, 5.41) is 12.0. The molecule has 0 saturated carbocycles. The number of para-hydroxylation sites is 1. The third-order valence-corrected chi connectivity index (χ3v) is 8.46. The van der Waals surface area contributed by atoms with E-state index < -0.39 is 11.2 Å². The van der Waals surface area contributed by atoms with Crippen LogP contribution in [0.2, 0.25) is 0 Å². The van der Waals surface area contributed by atoms with E-state index >= 15 is 0 Å². The zero-order chi connectivity index (χ0) is 30.0. The van der Waals surface area contributed by atoms with Gasteiger partial charge in [-0.2, -0.15) is 11.3 Å². The minimum atomic E-state index is -0.491. The molecule has 0 saturated heterocycles. The largest absolute Gasteiger partial charge is 0.325 e. The molecule has 1 atom stereocenters. The summed E-state index contributed by atoms with van der Waals surface area (Å²) >= 11 is 2.93. The standard InChI is InChI=1S/C35H29N3O3S2/c1-24-10-8-9-15-30(24)37-35(41)32(26-11-4-2-5-12-26)43-29-18-16-28(17-19-29)36-34(40)31(22-25-20-21-42-23-25)38-33(39)27-13-6-3-7-14-27/h2-23,32H,1H3,(H,36,40)(H,37,41)(H,38,39)/b31-22-. The Morgan fingerprint density at radius 2 is 1.44 bits per heavy atom. The van der Waals surface area contributed by atoms with Gasteiger partial charge in [0, 0.05) is 21.8 Å². The second-order valence-corrected chi connectivity index (χ2v) is 11.6. The first-order valence-electron chi connectivity index (χ1n) is 13.6. The van der Waals surface area contributed by atoms with Gasteiger partial charge in [-0.3, -0.25) is 14.4 Å². The van der Waals surface area contributed by atoms with Crippen LogP contribution in [0.5, 0.6) is 0 Å². The van der Waals surface area contributed by atoms with E-state index in [1.165, 1.54) is 23.1 Å². The molecular weight excluding hydrogens is 575 g/mol. The van der Waals surface area contributed by atoms with Gasteiger partial charge in [0.05, 0.1) is 0 Å². The molecule has 8 heteroatoms. The van der Waals surface area contributed by atoms with Gasteiger partial charge in [0.15, 0.2) is 0 Å². The van der Waals surface area contributed by atoms with Crippen molar-refractivity contribution in [1.29, 1.82) is 0 Å². The van der Waals surface area contributed by atoms with Crippen molar-refractivity contribution in [2.45, 2.75) is 17.1 Å². The number of thioether (sulfide) groups is 1. The Labute approximate surface area is 258 Å². The number of carbonyl (C=O) groups excluding carboxylic acids is 3. The lowest BCUT2D eigenvalue weighted by Crippen LogP contribution is -2.30. The molecule has 43 heavy (non-hydrogen) atoms. The van der Waals surface area contributed by atoms with E-state index in [4.69, 9.17) is 0 Å². The van der Waals surface area contributed by atoms with Crippen LogP contribution in [0, 0.1) is 6.92 Å². The first kappa shape index (κ1) is 29.6. The Bertz CT molecular complexity index is 1720. The number of nitrogens with one attached hydrogen (secondary N) is 3. The van der Waals surface area contributed by atoms with Gasteiger partial charge < -0.3 is 16.0 Å². The number of carbonyl (C=O) groups is 3. The molecule has 0 fully saturated rings. The summed E-state index contributed by atoms with van der Waals surface area (Å²) in [6, 6.07) is 35.2. The van der Waals surface area contributed by atoms with Crippen LogP contribution in [-0.4, -0.2) is 17.7 Å². The third kappa shape index (κ3) is 8.09. The topological polar surface area (TPSA) is 87.3 Å². The second kappa shape index (κ2) is 14.3. The maximum absolute atomic E-state index is 13.4. The van der Waals surface area contributed by atoms with Crippen LogP contribution >= 0.6 is 23.1 Å².